The van der Waals surface area contributed by atoms with Crippen LogP contribution in [0.1, 0.15) is 44.3 Å². The van der Waals surface area contributed by atoms with E-state index < -0.39 is 0 Å². The molecule has 1 saturated heterocycles. The van der Waals surface area contributed by atoms with Crippen LogP contribution in [-0.2, 0) is 16.8 Å². The van der Waals surface area contributed by atoms with E-state index in [4.69, 9.17) is 4.98 Å². The second-order valence-corrected chi connectivity index (χ2v) is 6.99. The summed E-state index contributed by atoms with van der Waals surface area (Å²) in [6.07, 6.45) is 2.05. The van der Waals surface area contributed by atoms with Crippen LogP contribution in [0.3, 0.4) is 0 Å². The summed E-state index contributed by atoms with van der Waals surface area (Å²) in [6, 6.07) is 0.0183. The van der Waals surface area contributed by atoms with Gasteiger partial charge in [-0.15, -0.1) is 11.3 Å². The summed E-state index contributed by atoms with van der Waals surface area (Å²) in [5, 5.41) is 6.04. The molecular weight excluding hydrogens is 258 g/mol. The number of amides is 1. The molecule has 0 saturated carbocycles. The second-order valence-electron chi connectivity index (χ2n) is 6.14. The van der Waals surface area contributed by atoms with Gasteiger partial charge in [0.05, 0.1) is 16.7 Å². The molecule has 0 unspecified atom stereocenters. The number of carbonyl (C=O) groups excluding carboxylic acids is 1. The first kappa shape index (κ1) is 14.5. The van der Waals surface area contributed by atoms with E-state index in [9.17, 15) is 4.79 Å². The predicted molar refractivity (Wildman–Crippen MR) is 78.3 cm³/mol. The van der Waals surface area contributed by atoms with Gasteiger partial charge in [-0.05, 0) is 19.4 Å². The summed E-state index contributed by atoms with van der Waals surface area (Å²) in [7, 11) is 1.71. The molecule has 4 nitrogen and oxygen atoms in total. The number of likely N-dealkylation sites (tertiary alicyclic amines) is 1. The molecule has 1 aliphatic heterocycles. The molecule has 1 fully saturated rings. The van der Waals surface area contributed by atoms with Crippen molar-refractivity contribution in [1.29, 1.82) is 0 Å². The molecule has 2 heterocycles. The maximum Gasteiger partial charge on any atom is 0.237 e. The Kier molecular flexibility index (Phi) is 4.26. The third kappa shape index (κ3) is 3.34. The van der Waals surface area contributed by atoms with Crippen molar-refractivity contribution in [3.63, 3.8) is 0 Å². The van der Waals surface area contributed by atoms with Gasteiger partial charge in [-0.2, -0.15) is 0 Å². The van der Waals surface area contributed by atoms with Crippen LogP contribution in [0.15, 0.2) is 5.38 Å². The minimum Gasteiger partial charge on any atom is -0.358 e. The molecule has 0 radical (unpaired) electrons. The van der Waals surface area contributed by atoms with Crippen LogP contribution < -0.4 is 5.32 Å². The number of carbonyl (C=O) groups is 1. The van der Waals surface area contributed by atoms with Crippen LogP contribution in [0.4, 0.5) is 0 Å². The van der Waals surface area contributed by atoms with E-state index in [-0.39, 0.29) is 17.4 Å². The minimum atomic E-state index is 0.0183. The fourth-order valence-corrected chi connectivity index (χ4v) is 3.31. The Morgan fingerprint density at radius 1 is 1.58 bits per heavy atom. The van der Waals surface area contributed by atoms with E-state index >= 15 is 0 Å². The van der Waals surface area contributed by atoms with Gasteiger partial charge in [-0.25, -0.2) is 4.98 Å². The Morgan fingerprint density at radius 3 is 2.89 bits per heavy atom. The Morgan fingerprint density at radius 2 is 2.32 bits per heavy atom. The molecule has 1 N–H and O–H groups in total. The first-order valence-corrected chi connectivity index (χ1v) is 7.70. The van der Waals surface area contributed by atoms with Crippen molar-refractivity contribution in [3.05, 3.63) is 16.1 Å². The molecular formula is C14H23N3OS. The number of rotatable bonds is 3. The lowest BCUT2D eigenvalue weighted by atomic mass is 9.98. The van der Waals surface area contributed by atoms with Crippen molar-refractivity contribution in [2.24, 2.45) is 0 Å². The average Bonchev–Trinajstić information content (AvgIpc) is 2.97. The van der Waals surface area contributed by atoms with Crippen LogP contribution in [0.5, 0.6) is 0 Å². The minimum absolute atomic E-state index is 0.0183. The number of nitrogens with one attached hydrogen (secondary N) is 1. The Bertz CT molecular complexity index is 450. The van der Waals surface area contributed by atoms with E-state index in [0.29, 0.717) is 0 Å². The molecule has 1 aromatic heterocycles. The number of aromatic nitrogens is 1. The van der Waals surface area contributed by atoms with Crippen LogP contribution in [-0.4, -0.2) is 35.4 Å². The maximum absolute atomic E-state index is 11.8. The van der Waals surface area contributed by atoms with Gasteiger partial charge in [-0.1, -0.05) is 20.8 Å². The van der Waals surface area contributed by atoms with Crippen LogP contribution in [0, 0.1) is 0 Å². The third-order valence-corrected chi connectivity index (χ3v) is 4.79. The molecule has 1 aliphatic rings. The number of thiazole rings is 1. The zero-order valence-electron chi connectivity index (χ0n) is 12.2. The molecule has 106 valence electrons. The van der Waals surface area contributed by atoms with E-state index in [1.165, 1.54) is 0 Å². The largest absolute Gasteiger partial charge is 0.358 e. The van der Waals surface area contributed by atoms with Crippen molar-refractivity contribution in [1.82, 2.24) is 15.2 Å². The molecule has 5 heteroatoms. The Labute approximate surface area is 119 Å². The van der Waals surface area contributed by atoms with Crippen molar-refractivity contribution < 1.29 is 4.79 Å². The zero-order chi connectivity index (χ0) is 14.0. The van der Waals surface area contributed by atoms with Crippen molar-refractivity contribution in [3.8, 4) is 0 Å². The van der Waals surface area contributed by atoms with Gasteiger partial charge < -0.3 is 5.32 Å². The molecule has 0 aromatic carbocycles. The predicted octanol–water partition coefficient (Wildman–Crippen LogP) is 2.15. The van der Waals surface area contributed by atoms with Gasteiger partial charge in [0.25, 0.3) is 0 Å². The van der Waals surface area contributed by atoms with Crippen LogP contribution in [0.25, 0.3) is 0 Å². The lowest BCUT2D eigenvalue weighted by Crippen LogP contribution is -2.41. The monoisotopic (exact) mass is 281 g/mol. The summed E-state index contributed by atoms with van der Waals surface area (Å²) in [6.45, 7) is 8.31. The summed E-state index contributed by atoms with van der Waals surface area (Å²) < 4.78 is 0. The number of likely N-dealkylation sites (N-methyl/N-ethyl adjacent to an activating group) is 1. The Hall–Kier alpha value is -0.940. The lowest BCUT2D eigenvalue weighted by Gasteiger charge is -2.22. The molecule has 19 heavy (non-hydrogen) atoms. The number of hydrogen-bond acceptors (Lipinski definition) is 4. The smallest absolute Gasteiger partial charge is 0.237 e. The second kappa shape index (κ2) is 5.59. The summed E-state index contributed by atoms with van der Waals surface area (Å²) in [5.74, 6) is 0.128. The zero-order valence-corrected chi connectivity index (χ0v) is 13.0. The van der Waals surface area contributed by atoms with Gasteiger partial charge in [0, 0.05) is 24.4 Å². The highest BCUT2D eigenvalue weighted by atomic mass is 32.1. The maximum atomic E-state index is 11.8. The molecule has 2 rings (SSSR count). The SMILES string of the molecule is CNC(=O)[C@@H]1CCCN1Cc1csc(C(C)(C)C)n1. The highest BCUT2D eigenvalue weighted by molar-refractivity contribution is 7.09. The molecule has 1 aromatic rings. The topological polar surface area (TPSA) is 45.2 Å². The first-order valence-electron chi connectivity index (χ1n) is 6.82. The lowest BCUT2D eigenvalue weighted by molar-refractivity contribution is -0.125. The van der Waals surface area contributed by atoms with Gasteiger partial charge in [0.1, 0.15) is 0 Å². The van der Waals surface area contributed by atoms with E-state index in [2.05, 4.69) is 36.4 Å². The molecule has 0 spiro atoms. The molecule has 1 atom stereocenters. The van der Waals surface area contributed by atoms with Crippen molar-refractivity contribution in [2.45, 2.75) is 51.6 Å². The highest BCUT2D eigenvalue weighted by Crippen LogP contribution is 2.27. The molecule has 0 aliphatic carbocycles. The average molecular weight is 281 g/mol. The normalized spacial score (nSPS) is 20.7. The van der Waals surface area contributed by atoms with Gasteiger partial charge in [-0.3, -0.25) is 9.69 Å². The van der Waals surface area contributed by atoms with Gasteiger partial charge in [0.2, 0.25) is 5.91 Å². The Balaban J connectivity index is 2.04. The fourth-order valence-electron chi connectivity index (χ4n) is 2.41. The van der Waals surface area contributed by atoms with Crippen LogP contribution in [0.2, 0.25) is 0 Å². The fraction of sp³-hybridized carbons (Fsp3) is 0.714. The number of nitrogens with zero attached hydrogens (tertiary/aromatic N) is 2. The van der Waals surface area contributed by atoms with E-state index in [0.717, 1.165) is 36.6 Å². The summed E-state index contributed by atoms with van der Waals surface area (Å²) in [4.78, 5) is 18.8. The van der Waals surface area contributed by atoms with E-state index in [1.807, 2.05) is 0 Å². The van der Waals surface area contributed by atoms with Gasteiger partial charge >= 0.3 is 0 Å². The van der Waals surface area contributed by atoms with E-state index in [1.54, 1.807) is 18.4 Å². The van der Waals surface area contributed by atoms with Crippen molar-refractivity contribution in [2.75, 3.05) is 13.6 Å². The summed E-state index contributed by atoms with van der Waals surface area (Å²) >= 11 is 1.72. The summed E-state index contributed by atoms with van der Waals surface area (Å²) in [5.41, 5.74) is 1.19. The van der Waals surface area contributed by atoms with Crippen LogP contribution >= 0.6 is 11.3 Å². The third-order valence-electron chi connectivity index (χ3n) is 3.47. The highest BCUT2D eigenvalue weighted by Gasteiger charge is 2.30. The molecule has 1 amide bonds. The quantitative estimate of drug-likeness (QED) is 0.923. The molecule has 0 bridgehead atoms. The van der Waals surface area contributed by atoms with Gasteiger partial charge in [0.15, 0.2) is 0 Å². The first-order chi connectivity index (χ1) is 8.91. The van der Waals surface area contributed by atoms with Crippen molar-refractivity contribution >= 4 is 17.2 Å². The number of hydrogen-bond donors (Lipinski definition) is 1. The standard InChI is InChI=1S/C14H23N3OS/c1-14(2,3)13-16-10(9-19-13)8-17-7-5-6-11(17)12(18)15-4/h9,11H,5-8H2,1-4H3,(H,15,18)/t11-/m0/s1.